The van der Waals surface area contributed by atoms with Crippen molar-refractivity contribution in [1.29, 1.82) is 0 Å². The van der Waals surface area contributed by atoms with Crippen molar-refractivity contribution in [3.05, 3.63) is 75.7 Å². The summed E-state index contributed by atoms with van der Waals surface area (Å²) in [4.78, 5) is 15.7. The third kappa shape index (κ3) is 4.44. The van der Waals surface area contributed by atoms with Gasteiger partial charge in [0.2, 0.25) is 5.82 Å². The van der Waals surface area contributed by atoms with Crippen molar-refractivity contribution in [2.75, 3.05) is 0 Å². The van der Waals surface area contributed by atoms with Gasteiger partial charge < -0.3 is 9.67 Å². The van der Waals surface area contributed by atoms with E-state index in [1.54, 1.807) is 0 Å². The van der Waals surface area contributed by atoms with E-state index in [-0.39, 0.29) is 6.61 Å². The number of aliphatic hydroxyl groups excluding tert-OH is 1. The van der Waals surface area contributed by atoms with Crippen LogP contribution in [0.25, 0.3) is 22.5 Å². The number of unbranched alkanes of at least 4 members (excludes halogenated alkanes) is 1. The highest BCUT2D eigenvalue weighted by molar-refractivity contribution is 6.30. The lowest BCUT2D eigenvalue weighted by atomic mass is 9.98. The lowest BCUT2D eigenvalue weighted by Crippen LogP contribution is -2.09. The molecule has 164 valence electrons. The normalized spacial score (nSPS) is 11.1. The molecule has 0 unspecified atom stereocenters. The molecular weight excluding hydrogens is 430 g/mol. The predicted molar refractivity (Wildman–Crippen MR) is 121 cm³/mol. The summed E-state index contributed by atoms with van der Waals surface area (Å²) < 4.78 is 2.00. The minimum atomic E-state index is -0.160. The molecule has 4 aromatic rings. The van der Waals surface area contributed by atoms with Crippen molar-refractivity contribution >= 4 is 11.6 Å². The number of hydrogen-bond donors (Lipinski definition) is 1. The first kappa shape index (κ1) is 21.8. The van der Waals surface area contributed by atoms with Gasteiger partial charge in [-0.15, -0.1) is 15.1 Å². The van der Waals surface area contributed by atoms with Gasteiger partial charge in [-0.3, -0.25) is 0 Å². The fourth-order valence-corrected chi connectivity index (χ4v) is 3.88. The summed E-state index contributed by atoms with van der Waals surface area (Å²) in [6.07, 6.45) is 2.87. The zero-order valence-electron chi connectivity index (χ0n) is 17.5. The minimum Gasteiger partial charge on any atom is -0.390 e. The molecule has 10 heteroatoms. The molecule has 0 saturated heterocycles. The quantitative estimate of drug-likeness (QED) is 0.380. The summed E-state index contributed by atoms with van der Waals surface area (Å²) >= 11 is 6.25. The highest BCUT2D eigenvalue weighted by atomic mass is 35.5. The maximum absolute atomic E-state index is 10.6. The Balaban J connectivity index is 1.63. The van der Waals surface area contributed by atoms with Crippen LogP contribution >= 0.6 is 11.6 Å². The zero-order chi connectivity index (χ0) is 22.5. The van der Waals surface area contributed by atoms with E-state index >= 15 is 0 Å². The van der Waals surface area contributed by atoms with E-state index in [1.165, 1.54) is 0 Å². The first-order chi connectivity index (χ1) is 15.6. The summed E-state index contributed by atoms with van der Waals surface area (Å²) in [6, 6.07) is 15.7. The van der Waals surface area contributed by atoms with Crippen LogP contribution in [0.3, 0.4) is 0 Å². The second kappa shape index (κ2) is 9.80. The number of hydrogen-bond acceptors (Lipinski definition) is 7. The first-order valence-electron chi connectivity index (χ1n) is 10.3. The highest BCUT2D eigenvalue weighted by Crippen LogP contribution is 2.30. The Morgan fingerprint density at radius 2 is 1.84 bits per heavy atom. The van der Waals surface area contributed by atoms with E-state index in [1.807, 2.05) is 53.1 Å². The second-order valence-electron chi connectivity index (χ2n) is 7.32. The molecule has 2 aromatic carbocycles. The first-order valence-corrected chi connectivity index (χ1v) is 10.7. The highest BCUT2D eigenvalue weighted by Gasteiger charge is 2.16. The lowest BCUT2D eigenvalue weighted by Gasteiger charge is -2.12. The van der Waals surface area contributed by atoms with Crippen LogP contribution in [0.2, 0.25) is 5.15 Å². The average Bonchev–Trinajstić information content (AvgIpc) is 3.42. The summed E-state index contributed by atoms with van der Waals surface area (Å²) in [6.45, 7) is 2.54. The molecule has 2 heterocycles. The largest absolute Gasteiger partial charge is 0.390 e. The second-order valence-corrected chi connectivity index (χ2v) is 7.68. The Bertz CT molecular complexity index is 1220. The predicted octanol–water partition coefficient (Wildman–Crippen LogP) is 4.27. The molecule has 1 N–H and O–H groups in total. The number of nitrogens with zero attached hydrogens (tertiary/aromatic N) is 7. The molecule has 0 radical (unpaired) electrons. The topological polar surface area (TPSA) is 111 Å². The van der Waals surface area contributed by atoms with Crippen LogP contribution in [-0.4, -0.2) is 35.0 Å². The standard InChI is InChI=1S/C22H22ClN7O2/c1-2-3-8-20-24-21(23)19(14-31)29(20)13-15-9-11-16(12-10-15)17-6-4-5-7-18(17)22-25-27-30(26-22)28-32/h4-7,9-12,31H,2-3,8,13-14H2,1H3. The number of aryl methyl sites for hydroxylation is 1. The third-order valence-corrected chi connectivity index (χ3v) is 5.56. The Morgan fingerprint density at radius 3 is 2.50 bits per heavy atom. The Hall–Kier alpha value is -3.43. The van der Waals surface area contributed by atoms with Crippen LogP contribution in [0.1, 0.15) is 36.8 Å². The van der Waals surface area contributed by atoms with Gasteiger partial charge in [-0.2, -0.15) is 0 Å². The SMILES string of the molecule is CCCCc1nc(Cl)c(CO)n1Cc1ccc(-c2ccccc2-c2nnn(N=O)n2)cc1. The molecule has 0 fully saturated rings. The van der Waals surface area contributed by atoms with Crippen molar-refractivity contribution in [3.8, 4) is 22.5 Å². The molecule has 2 aromatic heterocycles. The Morgan fingerprint density at radius 1 is 1.09 bits per heavy atom. The van der Waals surface area contributed by atoms with E-state index in [0.717, 1.165) is 47.3 Å². The lowest BCUT2D eigenvalue weighted by molar-refractivity contribution is 0.271. The third-order valence-electron chi connectivity index (χ3n) is 5.26. The molecule has 0 spiro atoms. The van der Waals surface area contributed by atoms with Crippen molar-refractivity contribution < 1.29 is 5.11 Å². The van der Waals surface area contributed by atoms with Crippen LogP contribution in [0, 0.1) is 4.91 Å². The molecule has 0 bridgehead atoms. The van der Waals surface area contributed by atoms with Crippen LogP contribution in [0.4, 0.5) is 0 Å². The van der Waals surface area contributed by atoms with Gasteiger partial charge in [0, 0.05) is 18.5 Å². The number of rotatable bonds is 9. The van der Waals surface area contributed by atoms with Gasteiger partial charge >= 0.3 is 0 Å². The summed E-state index contributed by atoms with van der Waals surface area (Å²) in [5.74, 6) is 1.21. The van der Waals surface area contributed by atoms with E-state index < -0.39 is 0 Å². The van der Waals surface area contributed by atoms with Gasteiger partial charge in [-0.1, -0.05) is 73.5 Å². The van der Waals surface area contributed by atoms with E-state index in [9.17, 15) is 10.0 Å². The number of nitroso groups, excluding NO2 is 1. The van der Waals surface area contributed by atoms with Crippen LogP contribution < -0.4 is 0 Å². The minimum absolute atomic E-state index is 0.160. The van der Waals surface area contributed by atoms with Gasteiger partial charge in [0.05, 0.1) is 12.3 Å². The van der Waals surface area contributed by atoms with Gasteiger partial charge in [-0.25, -0.2) is 4.98 Å². The number of benzene rings is 2. The number of halogens is 1. The Labute approximate surface area is 189 Å². The fraction of sp³-hybridized carbons (Fsp3) is 0.273. The van der Waals surface area contributed by atoms with Crippen LogP contribution in [0.5, 0.6) is 0 Å². The average molecular weight is 452 g/mol. The molecule has 4 rings (SSSR count). The molecular formula is C22H22ClN7O2. The van der Waals surface area contributed by atoms with E-state index in [4.69, 9.17) is 11.6 Å². The van der Waals surface area contributed by atoms with E-state index in [2.05, 4.69) is 32.6 Å². The Kier molecular flexibility index (Phi) is 6.67. The molecule has 9 nitrogen and oxygen atoms in total. The molecule has 32 heavy (non-hydrogen) atoms. The number of aliphatic hydroxyl groups is 1. The smallest absolute Gasteiger partial charge is 0.207 e. The maximum Gasteiger partial charge on any atom is 0.207 e. The van der Waals surface area contributed by atoms with Crippen molar-refractivity contribution in [2.45, 2.75) is 39.3 Å². The van der Waals surface area contributed by atoms with Crippen LogP contribution in [0.15, 0.2) is 53.8 Å². The molecule has 0 atom stereocenters. The van der Waals surface area contributed by atoms with Gasteiger partial charge in [0.15, 0.2) is 5.15 Å². The van der Waals surface area contributed by atoms with Crippen LogP contribution in [-0.2, 0) is 19.6 Å². The van der Waals surface area contributed by atoms with Crippen molar-refractivity contribution in [1.82, 2.24) is 29.9 Å². The zero-order valence-corrected chi connectivity index (χ0v) is 18.3. The van der Waals surface area contributed by atoms with Crippen molar-refractivity contribution in [3.63, 3.8) is 0 Å². The summed E-state index contributed by atoms with van der Waals surface area (Å²) in [5.41, 5.74) is 4.32. The molecule has 0 aliphatic heterocycles. The monoisotopic (exact) mass is 451 g/mol. The molecule has 0 aliphatic rings. The maximum atomic E-state index is 10.6. The van der Waals surface area contributed by atoms with Crippen molar-refractivity contribution in [2.24, 2.45) is 5.29 Å². The molecule has 0 amide bonds. The molecule has 0 saturated carbocycles. The number of aromatic nitrogens is 6. The number of tetrazole rings is 1. The summed E-state index contributed by atoms with van der Waals surface area (Å²) in [7, 11) is 0. The van der Waals surface area contributed by atoms with Gasteiger partial charge in [0.25, 0.3) is 0 Å². The fourth-order valence-electron chi connectivity index (χ4n) is 3.62. The van der Waals surface area contributed by atoms with E-state index in [0.29, 0.717) is 28.1 Å². The van der Waals surface area contributed by atoms with Gasteiger partial charge in [0.1, 0.15) is 11.1 Å². The van der Waals surface area contributed by atoms with Gasteiger partial charge in [-0.05, 0) is 33.2 Å². The molecule has 0 aliphatic carbocycles. The summed E-state index contributed by atoms with van der Waals surface area (Å²) in [5, 5.41) is 24.3. The number of imidazole rings is 1.